The third kappa shape index (κ3) is 2.19. The van der Waals surface area contributed by atoms with E-state index in [2.05, 4.69) is 55.1 Å². The van der Waals surface area contributed by atoms with Crippen LogP contribution in [0.4, 0.5) is 11.4 Å². The van der Waals surface area contributed by atoms with Crippen LogP contribution < -0.4 is 10.6 Å². The highest BCUT2D eigenvalue weighted by Crippen LogP contribution is 2.42. The van der Waals surface area contributed by atoms with E-state index < -0.39 is 0 Å². The van der Waals surface area contributed by atoms with Gasteiger partial charge >= 0.3 is 0 Å². The van der Waals surface area contributed by atoms with Gasteiger partial charge in [0.25, 0.3) is 0 Å². The summed E-state index contributed by atoms with van der Waals surface area (Å²) in [6, 6.07) is 12.3. The number of amides is 1. The Kier molecular flexibility index (Phi) is 3.20. The number of hydrogen-bond acceptors (Lipinski definition) is 2. The van der Waals surface area contributed by atoms with Crippen LogP contribution in [0, 0.1) is 13.8 Å². The molecule has 2 aromatic carbocycles. The van der Waals surface area contributed by atoms with Crippen LogP contribution in [0.25, 0.3) is 0 Å². The van der Waals surface area contributed by atoms with E-state index in [0.29, 0.717) is 0 Å². The maximum atomic E-state index is 11.8. The summed E-state index contributed by atoms with van der Waals surface area (Å²) in [7, 11) is 0. The smallest absolute Gasteiger partial charge is 0.240 e. The molecule has 21 heavy (non-hydrogen) atoms. The molecule has 2 aromatic rings. The SMILES string of the molecule is Cc1ccc2c(c1)N(C(C)C(N)=O)c1c(C)cccc1C2. The molecule has 2 N–H and O–H groups in total. The summed E-state index contributed by atoms with van der Waals surface area (Å²) in [5.74, 6) is -0.307. The minimum atomic E-state index is -0.370. The van der Waals surface area contributed by atoms with Crippen molar-refractivity contribution in [1.29, 1.82) is 0 Å². The number of para-hydroxylation sites is 1. The summed E-state index contributed by atoms with van der Waals surface area (Å²) in [6.45, 7) is 6.02. The molecule has 3 heteroatoms. The van der Waals surface area contributed by atoms with Crippen LogP contribution in [0.15, 0.2) is 36.4 Å². The van der Waals surface area contributed by atoms with Crippen molar-refractivity contribution in [3.05, 3.63) is 58.7 Å². The minimum absolute atomic E-state index is 0.307. The molecule has 1 aliphatic rings. The van der Waals surface area contributed by atoms with E-state index in [1.165, 1.54) is 22.3 Å². The number of rotatable bonds is 2. The molecule has 0 radical (unpaired) electrons. The second-order valence-corrected chi connectivity index (χ2v) is 5.84. The maximum absolute atomic E-state index is 11.8. The Balaban J connectivity index is 2.26. The molecule has 0 aliphatic carbocycles. The summed E-state index contributed by atoms with van der Waals surface area (Å²) >= 11 is 0. The van der Waals surface area contributed by atoms with Gasteiger partial charge in [-0.2, -0.15) is 0 Å². The number of nitrogens with zero attached hydrogens (tertiary/aromatic N) is 1. The van der Waals surface area contributed by atoms with Crippen molar-refractivity contribution in [3.63, 3.8) is 0 Å². The van der Waals surface area contributed by atoms with Gasteiger partial charge in [0.1, 0.15) is 6.04 Å². The standard InChI is InChI=1S/C18H20N2O/c1-11-7-8-14-10-15-6-4-5-12(2)17(15)20(16(14)9-11)13(3)18(19)21/h4-9,13H,10H2,1-3H3,(H2,19,21). The lowest BCUT2D eigenvalue weighted by Gasteiger charge is -2.37. The molecule has 1 unspecified atom stereocenters. The first kappa shape index (κ1) is 13.7. The van der Waals surface area contributed by atoms with E-state index in [9.17, 15) is 4.79 Å². The molecular formula is C18H20N2O. The summed E-state index contributed by atoms with van der Waals surface area (Å²) < 4.78 is 0. The van der Waals surface area contributed by atoms with E-state index in [1.54, 1.807) is 0 Å². The molecule has 1 amide bonds. The molecular weight excluding hydrogens is 260 g/mol. The third-order valence-corrected chi connectivity index (χ3v) is 4.24. The molecule has 0 aromatic heterocycles. The van der Waals surface area contributed by atoms with Crippen LogP contribution in [0.3, 0.4) is 0 Å². The zero-order chi connectivity index (χ0) is 15.1. The number of hydrogen-bond donors (Lipinski definition) is 1. The molecule has 1 heterocycles. The van der Waals surface area contributed by atoms with E-state index in [0.717, 1.165) is 17.8 Å². The van der Waals surface area contributed by atoms with Crippen molar-refractivity contribution in [2.45, 2.75) is 33.2 Å². The fraction of sp³-hybridized carbons (Fsp3) is 0.278. The molecule has 1 atom stereocenters. The third-order valence-electron chi connectivity index (χ3n) is 4.24. The van der Waals surface area contributed by atoms with Crippen molar-refractivity contribution >= 4 is 17.3 Å². The molecule has 0 fully saturated rings. The summed E-state index contributed by atoms with van der Waals surface area (Å²) in [5, 5.41) is 0. The number of carbonyl (C=O) groups excluding carboxylic acids is 1. The Morgan fingerprint density at radius 3 is 2.67 bits per heavy atom. The average molecular weight is 280 g/mol. The van der Waals surface area contributed by atoms with Crippen molar-refractivity contribution in [2.75, 3.05) is 4.90 Å². The summed E-state index contributed by atoms with van der Waals surface area (Å²) in [5.41, 5.74) is 12.7. The lowest BCUT2D eigenvalue weighted by Crippen LogP contribution is -2.42. The summed E-state index contributed by atoms with van der Waals surface area (Å²) in [6.07, 6.45) is 0.897. The van der Waals surface area contributed by atoms with Gasteiger partial charge < -0.3 is 10.6 Å². The van der Waals surface area contributed by atoms with Gasteiger partial charge in [-0.15, -0.1) is 0 Å². The van der Waals surface area contributed by atoms with Crippen LogP contribution in [0.2, 0.25) is 0 Å². The molecule has 0 bridgehead atoms. The number of fused-ring (bicyclic) bond motifs is 2. The maximum Gasteiger partial charge on any atom is 0.240 e. The monoisotopic (exact) mass is 280 g/mol. The van der Waals surface area contributed by atoms with Crippen molar-refractivity contribution < 1.29 is 4.79 Å². The molecule has 0 saturated heterocycles. The number of primary amides is 1. The number of aryl methyl sites for hydroxylation is 2. The van der Waals surface area contributed by atoms with Gasteiger partial charge in [0.15, 0.2) is 0 Å². The van der Waals surface area contributed by atoms with Crippen molar-refractivity contribution in [3.8, 4) is 0 Å². The minimum Gasteiger partial charge on any atom is -0.368 e. The highest BCUT2D eigenvalue weighted by molar-refractivity contribution is 5.89. The Labute approximate surface area is 125 Å². The van der Waals surface area contributed by atoms with Crippen LogP contribution in [0.5, 0.6) is 0 Å². The topological polar surface area (TPSA) is 46.3 Å². The molecule has 108 valence electrons. The van der Waals surface area contributed by atoms with E-state index in [4.69, 9.17) is 5.73 Å². The quantitative estimate of drug-likeness (QED) is 0.918. The second-order valence-electron chi connectivity index (χ2n) is 5.84. The summed E-state index contributed by atoms with van der Waals surface area (Å²) in [4.78, 5) is 13.9. The Bertz CT molecular complexity index is 721. The molecule has 0 saturated carbocycles. The van der Waals surface area contributed by atoms with Crippen molar-refractivity contribution in [2.24, 2.45) is 5.73 Å². The second kappa shape index (κ2) is 4.92. The van der Waals surface area contributed by atoms with Crippen LogP contribution in [0.1, 0.15) is 29.2 Å². The van der Waals surface area contributed by atoms with Gasteiger partial charge in [0, 0.05) is 17.8 Å². The Hall–Kier alpha value is -2.29. The van der Waals surface area contributed by atoms with Crippen molar-refractivity contribution in [1.82, 2.24) is 0 Å². The Morgan fingerprint density at radius 1 is 1.19 bits per heavy atom. The first-order valence-electron chi connectivity index (χ1n) is 7.25. The predicted octanol–water partition coefficient (Wildman–Crippen LogP) is 3.22. The molecule has 1 aliphatic heterocycles. The van der Waals surface area contributed by atoms with Gasteiger partial charge in [-0.3, -0.25) is 4.79 Å². The van der Waals surface area contributed by atoms with Crippen LogP contribution in [-0.2, 0) is 11.2 Å². The zero-order valence-corrected chi connectivity index (χ0v) is 12.7. The highest BCUT2D eigenvalue weighted by atomic mass is 16.1. The lowest BCUT2D eigenvalue weighted by atomic mass is 9.91. The van der Waals surface area contributed by atoms with Crippen LogP contribution in [-0.4, -0.2) is 11.9 Å². The fourth-order valence-electron chi connectivity index (χ4n) is 3.11. The molecule has 0 spiro atoms. The van der Waals surface area contributed by atoms with E-state index >= 15 is 0 Å². The number of carbonyl (C=O) groups is 1. The number of anilines is 2. The fourth-order valence-corrected chi connectivity index (χ4v) is 3.11. The van der Waals surface area contributed by atoms with Gasteiger partial charge in [0.05, 0.1) is 0 Å². The Morgan fingerprint density at radius 2 is 1.95 bits per heavy atom. The van der Waals surface area contributed by atoms with Gasteiger partial charge in [-0.25, -0.2) is 0 Å². The lowest BCUT2D eigenvalue weighted by molar-refractivity contribution is -0.118. The van der Waals surface area contributed by atoms with E-state index in [-0.39, 0.29) is 11.9 Å². The number of benzene rings is 2. The van der Waals surface area contributed by atoms with Gasteiger partial charge in [-0.1, -0.05) is 30.3 Å². The van der Waals surface area contributed by atoms with Gasteiger partial charge in [0.2, 0.25) is 5.91 Å². The van der Waals surface area contributed by atoms with E-state index in [1.807, 2.05) is 6.92 Å². The predicted molar refractivity (Wildman–Crippen MR) is 86.0 cm³/mol. The molecule has 3 rings (SSSR count). The zero-order valence-electron chi connectivity index (χ0n) is 12.7. The normalized spacial score (nSPS) is 14.3. The largest absolute Gasteiger partial charge is 0.368 e. The van der Waals surface area contributed by atoms with Crippen LogP contribution >= 0.6 is 0 Å². The first-order valence-corrected chi connectivity index (χ1v) is 7.25. The average Bonchev–Trinajstić information content (AvgIpc) is 2.45. The van der Waals surface area contributed by atoms with Gasteiger partial charge in [-0.05, 0) is 49.1 Å². The highest BCUT2D eigenvalue weighted by Gasteiger charge is 2.30. The number of nitrogens with two attached hydrogens (primary N) is 1. The molecule has 3 nitrogen and oxygen atoms in total. The first-order chi connectivity index (χ1) is 9.99.